The second kappa shape index (κ2) is 12.6. The Balaban J connectivity index is 2.02. The molecular weight excluding hydrogens is 543 g/mol. The van der Waals surface area contributed by atoms with Gasteiger partial charge in [-0.2, -0.15) is 4.31 Å². The molecule has 0 atom stereocenters. The van der Waals surface area contributed by atoms with Crippen molar-refractivity contribution in [3.8, 4) is 0 Å². The fraction of sp³-hybridized carbons (Fsp3) is 0.296. The van der Waals surface area contributed by atoms with Crippen LogP contribution in [0.15, 0.2) is 76.5 Å². The van der Waals surface area contributed by atoms with Crippen LogP contribution >= 0.6 is 0 Å². The molecule has 0 spiro atoms. The number of carbonyl (C=O) groups excluding carboxylic acids is 1. The van der Waals surface area contributed by atoms with Crippen LogP contribution in [0.25, 0.3) is 0 Å². The van der Waals surface area contributed by atoms with Crippen molar-refractivity contribution in [3.63, 3.8) is 0 Å². The highest BCUT2D eigenvalue weighted by atomic mass is 32.2. The number of amides is 1. The Morgan fingerprint density at radius 1 is 0.769 bits per heavy atom. The van der Waals surface area contributed by atoms with Crippen molar-refractivity contribution in [3.05, 3.63) is 78.1 Å². The van der Waals surface area contributed by atoms with Crippen LogP contribution in [0.5, 0.6) is 0 Å². The maximum Gasteiger partial charge on any atom is 0.261 e. The van der Waals surface area contributed by atoms with Crippen molar-refractivity contribution in [2.75, 3.05) is 41.1 Å². The first-order valence-corrected chi connectivity index (χ1v) is 15.5. The van der Waals surface area contributed by atoms with Gasteiger partial charge in [-0.15, -0.1) is 0 Å². The van der Waals surface area contributed by atoms with Crippen molar-refractivity contribution in [2.24, 2.45) is 0 Å². The minimum absolute atomic E-state index is 0.00984. The molecule has 0 aliphatic heterocycles. The van der Waals surface area contributed by atoms with Crippen molar-refractivity contribution < 1.29 is 26.0 Å². The van der Waals surface area contributed by atoms with E-state index in [-0.39, 0.29) is 26.7 Å². The average Bonchev–Trinajstić information content (AvgIpc) is 2.91. The van der Waals surface area contributed by atoms with E-state index in [0.29, 0.717) is 31.9 Å². The molecule has 0 unspecified atom stereocenters. The average molecular weight is 577 g/mol. The van der Waals surface area contributed by atoms with E-state index in [9.17, 15) is 26.0 Å². The normalized spacial score (nSPS) is 11.8. The minimum atomic E-state index is -4.12. The summed E-state index contributed by atoms with van der Waals surface area (Å²) in [4.78, 5) is 15.3. The van der Waals surface area contributed by atoms with Crippen molar-refractivity contribution >= 4 is 43.0 Å². The number of nitrogens with one attached hydrogen (secondary N) is 2. The van der Waals surface area contributed by atoms with Crippen LogP contribution in [0.4, 0.5) is 21.5 Å². The molecule has 2 N–H and O–H groups in total. The standard InChI is InChI=1S/C27H33FN4O5S2/c1-5-31(6-2)26-18-17-22(39(36,37)32(7-3)8-4)19-25(26)29-27(33)23-11-9-10-12-24(23)30-38(34,35)21-15-13-20(28)14-16-21/h9-19,30H,5-8H2,1-4H3,(H,29,33). The van der Waals surface area contributed by atoms with Gasteiger partial charge in [-0.3, -0.25) is 9.52 Å². The van der Waals surface area contributed by atoms with Crippen molar-refractivity contribution in [2.45, 2.75) is 37.5 Å². The first-order chi connectivity index (χ1) is 18.5. The molecule has 9 nitrogen and oxygen atoms in total. The molecule has 0 heterocycles. The predicted octanol–water partition coefficient (Wildman–Crippen LogP) is 4.76. The van der Waals surface area contributed by atoms with E-state index in [0.717, 1.165) is 24.3 Å². The minimum Gasteiger partial charge on any atom is -0.370 e. The lowest BCUT2D eigenvalue weighted by Crippen LogP contribution is -2.31. The lowest BCUT2D eigenvalue weighted by atomic mass is 10.1. The molecule has 0 saturated carbocycles. The van der Waals surface area contributed by atoms with Gasteiger partial charge in [0.15, 0.2) is 0 Å². The summed E-state index contributed by atoms with van der Waals surface area (Å²) in [5, 5.41) is 2.79. The molecule has 1 amide bonds. The number of hydrogen-bond acceptors (Lipinski definition) is 6. The molecule has 0 saturated heterocycles. The summed E-state index contributed by atoms with van der Waals surface area (Å²) in [6, 6.07) is 14.9. The van der Waals surface area contributed by atoms with Gasteiger partial charge in [-0.05, 0) is 68.4 Å². The smallest absolute Gasteiger partial charge is 0.261 e. The summed E-state index contributed by atoms with van der Waals surface area (Å²) >= 11 is 0. The highest BCUT2D eigenvalue weighted by Gasteiger charge is 2.25. The SMILES string of the molecule is CCN(CC)c1ccc(S(=O)(=O)N(CC)CC)cc1NC(=O)c1ccccc1NS(=O)(=O)c1ccc(F)cc1. The molecule has 3 aromatic rings. The van der Waals surface area contributed by atoms with Gasteiger partial charge in [-0.1, -0.05) is 26.0 Å². The number of hydrogen-bond donors (Lipinski definition) is 2. The van der Waals surface area contributed by atoms with Gasteiger partial charge in [0.2, 0.25) is 10.0 Å². The Morgan fingerprint density at radius 2 is 1.36 bits per heavy atom. The van der Waals surface area contributed by atoms with Gasteiger partial charge in [0, 0.05) is 26.2 Å². The van der Waals surface area contributed by atoms with Crippen LogP contribution in [0, 0.1) is 5.82 Å². The third kappa shape index (κ3) is 6.75. The molecule has 210 valence electrons. The second-order valence-electron chi connectivity index (χ2n) is 8.50. The number of carbonyl (C=O) groups is 1. The van der Waals surface area contributed by atoms with E-state index in [4.69, 9.17) is 0 Å². The summed E-state index contributed by atoms with van der Waals surface area (Å²) in [5.74, 6) is -1.22. The van der Waals surface area contributed by atoms with Crippen LogP contribution in [-0.2, 0) is 20.0 Å². The second-order valence-corrected chi connectivity index (χ2v) is 12.1. The van der Waals surface area contributed by atoms with E-state index in [2.05, 4.69) is 10.0 Å². The molecule has 0 aliphatic rings. The van der Waals surface area contributed by atoms with E-state index in [1.165, 1.54) is 28.6 Å². The van der Waals surface area contributed by atoms with E-state index in [1.54, 1.807) is 32.0 Å². The Bertz CT molecular complexity index is 1520. The maximum atomic E-state index is 13.5. The number of sulfonamides is 2. The summed E-state index contributed by atoms with van der Waals surface area (Å²) < 4.78 is 69.2. The topological polar surface area (TPSA) is 116 Å². The molecule has 3 rings (SSSR count). The van der Waals surface area contributed by atoms with Gasteiger partial charge >= 0.3 is 0 Å². The number of para-hydroxylation sites is 1. The Morgan fingerprint density at radius 3 is 1.95 bits per heavy atom. The zero-order valence-electron chi connectivity index (χ0n) is 22.3. The molecule has 39 heavy (non-hydrogen) atoms. The van der Waals surface area contributed by atoms with Gasteiger partial charge in [0.25, 0.3) is 15.9 Å². The molecule has 12 heteroatoms. The number of halogens is 1. The van der Waals surface area contributed by atoms with Crippen LogP contribution in [0.1, 0.15) is 38.1 Å². The predicted molar refractivity (Wildman–Crippen MR) is 152 cm³/mol. The zero-order valence-corrected chi connectivity index (χ0v) is 23.9. The molecule has 0 bridgehead atoms. The van der Waals surface area contributed by atoms with Crippen molar-refractivity contribution in [1.29, 1.82) is 0 Å². The van der Waals surface area contributed by atoms with E-state index < -0.39 is 31.8 Å². The van der Waals surface area contributed by atoms with Gasteiger partial charge in [-0.25, -0.2) is 21.2 Å². The lowest BCUT2D eigenvalue weighted by Gasteiger charge is -2.26. The fourth-order valence-electron chi connectivity index (χ4n) is 4.11. The molecule has 0 fully saturated rings. The van der Waals surface area contributed by atoms with E-state index >= 15 is 0 Å². The van der Waals surface area contributed by atoms with Gasteiger partial charge in [0.05, 0.1) is 32.4 Å². The molecule has 0 radical (unpaired) electrons. The fourth-order valence-corrected chi connectivity index (χ4v) is 6.67. The first-order valence-electron chi connectivity index (χ1n) is 12.6. The number of nitrogens with zero attached hydrogens (tertiary/aromatic N) is 2. The van der Waals surface area contributed by atoms with Gasteiger partial charge in [0.1, 0.15) is 5.82 Å². The Kier molecular flexibility index (Phi) is 9.70. The molecule has 0 aromatic heterocycles. The van der Waals surface area contributed by atoms with E-state index in [1.807, 2.05) is 18.7 Å². The maximum absolute atomic E-state index is 13.5. The summed E-state index contributed by atoms with van der Waals surface area (Å²) in [7, 11) is -7.92. The third-order valence-corrected chi connectivity index (χ3v) is 9.63. The molecular formula is C27H33FN4O5S2. The van der Waals surface area contributed by atoms with Crippen LogP contribution in [0.3, 0.4) is 0 Å². The third-order valence-electron chi connectivity index (χ3n) is 6.20. The van der Waals surface area contributed by atoms with Gasteiger partial charge < -0.3 is 10.2 Å². The summed E-state index contributed by atoms with van der Waals surface area (Å²) in [6.07, 6.45) is 0. The largest absolute Gasteiger partial charge is 0.370 e. The van der Waals surface area contributed by atoms with Crippen LogP contribution in [0.2, 0.25) is 0 Å². The summed E-state index contributed by atoms with van der Waals surface area (Å²) in [6.45, 7) is 9.17. The van der Waals surface area contributed by atoms with Crippen molar-refractivity contribution in [1.82, 2.24) is 4.31 Å². The quantitative estimate of drug-likeness (QED) is 0.321. The monoisotopic (exact) mass is 576 g/mol. The Labute approximate surface area is 229 Å². The van der Waals surface area contributed by atoms with Crippen LogP contribution in [-0.4, -0.2) is 53.2 Å². The Hall–Kier alpha value is -3.48. The molecule has 3 aromatic carbocycles. The van der Waals surface area contributed by atoms with Crippen LogP contribution < -0.4 is 14.9 Å². The highest BCUT2D eigenvalue weighted by molar-refractivity contribution is 7.92. The first kappa shape index (κ1) is 30.1. The number of rotatable bonds is 12. The highest BCUT2D eigenvalue weighted by Crippen LogP contribution is 2.31. The summed E-state index contributed by atoms with van der Waals surface area (Å²) in [5.41, 5.74) is 0.922. The zero-order chi connectivity index (χ0) is 28.8. The molecule has 0 aliphatic carbocycles. The number of anilines is 3. The number of benzene rings is 3. The lowest BCUT2D eigenvalue weighted by molar-refractivity contribution is 0.102.